The molecule has 6 heteroatoms. The Balaban J connectivity index is 1.69. The Morgan fingerprint density at radius 2 is 1.88 bits per heavy atom. The first-order valence-electron chi connectivity index (χ1n) is 8.55. The molecule has 0 aliphatic carbocycles. The summed E-state index contributed by atoms with van der Waals surface area (Å²) < 4.78 is 10.9. The second kappa shape index (κ2) is 7.27. The summed E-state index contributed by atoms with van der Waals surface area (Å²) in [5, 5.41) is 13.1. The molecule has 1 aromatic carbocycles. The quantitative estimate of drug-likeness (QED) is 0.870. The number of aryl methyl sites for hydroxylation is 2. The van der Waals surface area contributed by atoms with Gasteiger partial charge in [-0.3, -0.25) is 9.59 Å². The molecule has 1 amide bonds. The van der Waals surface area contributed by atoms with Gasteiger partial charge in [-0.2, -0.15) is 0 Å². The summed E-state index contributed by atoms with van der Waals surface area (Å²) in [5.41, 5.74) is 2.89. The van der Waals surface area contributed by atoms with Gasteiger partial charge in [0.2, 0.25) is 0 Å². The van der Waals surface area contributed by atoms with Gasteiger partial charge in [0, 0.05) is 25.1 Å². The molecule has 0 radical (unpaired) electrons. The first-order valence-corrected chi connectivity index (χ1v) is 8.55. The van der Waals surface area contributed by atoms with Crippen LogP contribution in [0.1, 0.15) is 34.5 Å². The monoisotopic (exact) mass is 345 g/mol. The van der Waals surface area contributed by atoms with E-state index in [1.165, 1.54) is 0 Å². The van der Waals surface area contributed by atoms with E-state index in [9.17, 15) is 14.7 Å². The highest BCUT2D eigenvalue weighted by atomic mass is 16.5. The molecule has 1 aliphatic rings. The van der Waals surface area contributed by atoms with E-state index < -0.39 is 11.9 Å². The fraction of sp³-hybridized carbons (Fsp3) is 0.474. The Morgan fingerprint density at radius 1 is 1.20 bits per heavy atom. The molecule has 0 saturated carbocycles. The minimum atomic E-state index is -0.886. The lowest BCUT2D eigenvalue weighted by Gasteiger charge is -2.27. The number of benzene rings is 1. The molecule has 134 valence electrons. The van der Waals surface area contributed by atoms with Crippen LogP contribution in [0.15, 0.2) is 22.6 Å². The summed E-state index contributed by atoms with van der Waals surface area (Å²) in [4.78, 5) is 23.9. The fourth-order valence-corrected chi connectivity index (χ4v) is 3.28. The average Bonchev–Trinajstić information content (AvgIpc) is 2.99. The number of carbonyl (C=O) groups excluding carboxylic acids is 1. The smallest absolute Gasteiger partial charge is 0.308 e. The summed E-state index contributed by atoms with van der Waals surface area (Å²) >= 11 is 0. The lowest BCUT2D eigenvalue weighted by molar-refractivity contribution is -0.144. The second-order valence-corrected chi connectivity index (χ2v) is 6.69. The van der Waals surface area contributed by atoms with Crippen LogP contribution in [0.25, 0.3) is 11.0 Å². The number of hydrogen-bond donors (Lipinski definition) is 2. The number of aliphatic carboxylic acids is 1. The van der Waals surface area contributed by atoms with Crippen LogP contribution in [0.3, 0.4) is 0 Å². The summed E-state index contributed by atoms with van der Waals surface area (Å²) in [6.45, 7) is 5.23. The highest BCUT2D eigenvalue weighted by Gasteiger charge is 2.30. The highest BCUT2D eigenvalue weighted by Crippen LogP contribution is 2.25. The molecular weight excluding hydrogens is 322 g/mol. The van der Waals surface area contributed by atoms with Crippen molar-refractivity contribution in [2.45, 2.75) is 26.7 Å². The van der Waals surface area contributed by atoms with Crippen LogP contribution in [-0.2, 0) is 9.53 Å². The van der Waals surface area contributed by atoms with Crippen LogP contribution in [-0.4, -0.2) is 36.7 Å². The molecule has 1 atom stereocenters. The van der Waals surface area contributed by atoms with Gasteiger partial charge >= 0.3 is 5.97 Å². The Hall–Kier alpha value is -2.34. The highest BCUT2D eigenvalue weighted by molar-refractivity contribution is 5.96. The van der Waals surface area contributed by atoms with Gasteiger partial charge in [0.15, 0.2) is 5.76 Å². The molecule has 2 aromatic rings. The largest absolute Gasteiger partial charge is 0.481 e. The molecule has 2 N–H and O–H groups in total. The van der Waals surface area contributed by atoms with Gasteiger partial charge in [0.25, 0.3) is 5.91 Å². The number of nitrogens with one attached hydrogen (secondary N) is 1. The zero-order valence-corrected chi connectivity index (χ0v) is 14.5. The molecule has 1 fully saturated rings. The van der Waals surface area contributed by atoms with Crippen molar-refractivity contribution >= 4 is 22.8 Å². The van der Waals surface area contributed by atoms with Crippen molar-refractivity contribution in [3.63, 3.8) is 0 Å². The summed E-state index contributed by atoms with van der Waals surface area (Å²) in [6, 6.07) is 5.58. The third kappa shape index (κ3) is 3.85. The van der Waals surface area contributed by atoms with E-state index >= 15 is 0 Å². The topological polar surface area (TPSA) is 88.8 Å². The maximum Gasteiger partial charge on any atom is 0.308 e. The standard InChI is InChI=1S/C19H23NO5/c1-11-7-14-9-17(25-16(14)8-12(11)2)18(21)20-10-15(19(22)23)13-3-5-24-6-4-13/h7-9,13,15H,3-6,10H2,1-2H3,(H,20,21)(H,22,23). The molecule has 1 saturated heterocycles. The number of carboxylic acids is 1. The first kappa shape index (κ1) is 17.5. The molecule has 25 heavy (non-hydrogen) atoms. The Morgan fingerprint density at radius 3 is 2.56 bits per heavy atom. The summed E-state index contributed by atoms with van der Waals surface area (Å²) in [6.07, 6.45) is 1.41. The van der Waals surface area contributed by atoms with Gasteiger partial charge in [-0.15, -0.1) is 0 Å². The van der Waals surface area contributed by atoms with Crippen LogP contribution >= 0.6 is 0 Å². The molecule has 6 nitrogen and oxygen atoms in total. The summed E-state index contributed by atoms with van der Waals surface area (Å²) in [7, 11) is 0. The molecular formula is C19H23NO5. The SMILES string of the molecule is Cc1cc2cc(C(=O)NCC(C(=O)O)C3CCOCC3)oc2cc1C. The van der Waals surface area contributed by atoms with Gasteiger partial charge in [-0.05, 0) is 61.9 Å². The van der Waals surface area contributed by atoms with Crippen LogP contribution in [0.5, 0.6) is 0 Å². The van der Waals surface area contributed by atoms with Crippen molar-refractivity contribution in [3.05, 3.63) is 35.1 Å². The maximum absolute atomic E-state index is 12.4. The minimum Gasteiger partial charge on any atom is -0.481 e. The first-order chi connectivity index (χ1) is 12.0. The number of hydrogen-bond acceptors (Lipinski definition) is 4. The Bertz CT molecular complexity index is 749. The number of rotatable bonds is 5. The van der Waals surface area contributed by atoms with Crippen LogP contribution in [0.4, 0.5) is 0 Å². The van der Waals surface area contributed by atoms with Crippen molar-refractivity contribution in [1.82, 2.24) is 5.32 Å². The van der Waals surface area contributed by atoms with Crippen molar-refractivity contribution in [2.75, 3.05) is 19.8 Å². The van der Waals surface area contributed by atoms with E-state index in [4.69, 9.17) is 9.15 Å². The van der Waals surface area contributed by atoms with Gasteiger partial charge in [-0.25, -0.2) is 0 Å². The zero-order chi connectivity index (χ0) is 18.0. The third-order valence-corrected chi connectivity index (χ3v) is 4.99. The van der Waals surface area contributed by atoms with Crippen LogP contribution in [0.2, 0.25) is 0 Å². The second-order valence-electron chi connectivity index (χ2n) is 6.69. The van der Waals surface area contributed by atoms with E-state index in [-0.39, 0.29) is 24.1 Å². The number of carboxylic acid groups (broad SMARTS) is 1. The number of amides is 1. The number of fused-ring (bicyclic) bond motifs is 1. The predicted octanol–water partition coefficient (Wildman–Crippen LogP) is 2.91. The lowest BCUT2D eigenvalue weighted by Crippen LogP contribution is -2.38. The molecule has 0 bridgehead atoms. The fourth-order valence-electron chi connectivity index (χ4n) is 3.28. The van der Waals surface area contributed by atoms with E-state index in [0.29, 0.717) is 31.6 Å². The van der Waals surface area contributed by atoms with Gasteiger partial charge in [0.05, 0.1) is 5.92 Å². The maximum atomic E-state index is 12.4. The van der Waals surface area contributed by atoms with Crippen LogP contribution in [0, 0.1) is 25.7 Å². The van der Waals surface area contributed by atoms with Crippen LogP contribution < -0.4 is 5.32 Å². The third-order valence-electron chi connectivity index (χ3n) is 4.99. The molecule has 1 aliphatic heterocycles. The van der Waals surface area contributed by atoms with E-state index in [0.717, 1.165) is 16.5 Å². The molecule has 3 rings (SSSR count). The lowest BCUT2D eigenvalue weighted by atomic mass is 9.86. The number of furan rings is 1. The van der Waals surface area contributed by atoms with Crippen molar-refractivity contribution in [3.8, 4) is 0 Å². The number of carbonyl (C=O) groups is 2. The molecule has 2 heterocycles. The normalized spacial score (nSPS) is 16.7. The van der Waals surface area contributed by atoms with E-state index in [1.807, 2.05) is 26.0 Å². The van der Waals surface area contributed by atoms with Crippen molar-refractivity contribution < 1.29 is 23.8 Å². The number of ether oxygens (including phenoxy) is 1. The van der Waals surface area contributed by atoms with E-state index in [2.05, 4.69) is 5.32 Å². The Kier molecular flexibility index (Phi) is 5.08. The van der Waals surface area contributed by atoms with Gasteiger partial charge in [0.1, 0.15) is 5.58 Å². The predicted molar refractivity (Wildman–Crippen MR) is 92.7 cm³/mol. The summed E-state index contributed by atoms with van der Waals surface area (Å²) in [5.74, 6) is -1.65. The minimum absolute atomic E-state index is 0.0209. The van der Waals surface area contributed by atoms with Gasteiger partial charge in [-0.1, -0.05) is 0 Å². The van der Waals surface area contributed by atoms with Gasteiger partial charge < -0.3 is 19.6 Å². The molecule has 0 spiro atoms. The average molecular weight is 345 g/mol. The van der Waals surface area contributed by atoms with Crippen molar-refractivity contribution in [2.24, 2.45) is 11.8 Å². The van der Waals surface area contributed by atoms with Crippen molar-refractivity contribution in [1.29, 1.82) is 0 Å². The zero-order valence-electron chi connectivity index (χ0n) is 14.5. The Labute approximate surface area is 146 Å². The molecule has 1 unspecified atom stereocenters. The van der Waals surface area contributed by atoms with E-state index in [1.54, 1.807) is 6.07 Å². The molecule has 1 aromatic heterocycles.